The fourth-order valence-electron chi connectivity index (χ4n) is 1.75. The minimum absolute atomic E-state index is 0.275. The van der Waals surface area contributed by atoms with Crippen molar-refractivity contribution in [2.75, 3.05) is 5.32 Å². The van der Waals surface area contributed by atoms with Gasteiger partial charge in [-0.2, -0.15) is 15.8 Å². The van der Waals surface area contributed by atoms with E-state index in [0.717, 1.165) is 0 Å². The first-order valence-electron chi connectivity index (χ1n) is 5.81. The van der Waals surface area contributed by atoms with Gasteiger partial charge >= 0.3 is 0 Å². The largest absolute Gasteiger partial charge is 0.353 e. The fraction of sp³-hybridized carbons (Fsp3) is 0. The van der Waals surface area contributed by atoms with Crippen molar-refractivity contribution in [3.63, 3.8) is 0 Å². The Labute approximate surface area is 129 Å². The Bertz CT molecular complexity index is 871. The molecule has 0 bridgehead atoms. The molecule has 0 aromatic heterocycles. The van der Waals surface area contributed by atoms with Crippen molar-refractivity contribution in [3.8, 4) is 18.2 Å². The monoisotopic (exact) mass is 314 g/mol. The van der Waals surface area contributed by atoms with Gasteiger partial charge in [-0.1, -0.05) is 11.6 Å². The highest BCUT2D eigenvalue weighted by molar-refractivity contribution is 6.34. The van der Waals surface area contributed by atoms with Gasteiger partial charge < -0.3 is 5.32 Å². The van der Waals surface area contributed by atoms with Crippen LogP contribution in [0.1, 0.15) is 16.7 Å². The van der Waals surface area contributed by atoms with Gasteiger partial charge in [0, 0.05) is 5.69 Å². The van der Waals surface area contributed by atoms with Crippen molar-refractivity contribution in [1.82, 2.24) is 0 Å². The number of benzene rings is 2. The van der Waals surface area contributed by atoms with Gasteiger partial charge in [-0.3, -0.25) is 0 Å². The molecule has 2 aromatic carbocycles. The highest BCUT2D eigenvalue weighted by atomic mass is 35.5. The van der Waals surface area contributed by atoms with Crippen molar-refractivity contribution in [2.24, 2.45) is 0 Å². The maximum Gasteiger partial charge on any atom is 0.164 e. The molecule has 0 saturated heterocycles. The Morgan fingerprint density at radius 3 is 1.95 bits per heavy atom. The maximum atomic E-state index is 14.0. The molecule has 22 heavy (non-hydrogen) atoms. The van der Waals surface area contributed by atoms with E-state index < -0.39 is 27.8 Å². The van der Waals surface area contributed by atoms with E-state index in [-0.39, 0.29) is 5.69 Å². The average Bonchev–Trinajstić information content (AvgIpc) is 2.54. The van der Waals surface area contributed by atoms with Crippen LogP contribution in [0.3, 0.4) is 0 Å². The van der Waals surface area contributed by atoms with E-state index in [1.54, 1.807) is 6.07 Å². The van der Waals surface area contributed by atoms with Gasteiger partial charge in [0.05, 0.1) is 17.3 Å². The normalized spacial score (nSPS) is 9.45. The summed E-state index contributed by atoms with van der Waals surface area (Å²) >= 11 is 5.78. The first-order chi connectivity index (χ1) is 10.5. The molecule has 0 saturated carbocycles. The van der Waals surface area contributed by atoms with E-state index in [2.05, 4.69) is 5.32 Å². The van der Waals surface area contributed by atoms with Gasteiger partial charge in [0.2, 0.25) is 0 Å². The van der Waals surface area contributed by atoms with E-state index in [9.17, 15) is 8.78 Å². The van der Waals surface area contributed by atoms with Gasteiger partial charge in [0.15, 0.2) is 11.6 Å². The zero-order valence-electron chi connectivity index (χ0n) is 10.8. The lowest BCUT2D eigenvalue weighted by Gasteiger charge is -2.12. The molecule has 4 nitrogen and oxygen atoms in total. The number of hydrogen-bond donors (Lipinski definition) is 1. The van der Waals surface area contributed by atoms with Crippen molar-refractivity contribution in [2.45, 2.75) is 0 Å². The number of rotatable bonds is 2. The zero-order chi connectivity index (χ0) is 16.3. The van der Waals surface area contributed by atoms with Crippen LogP contribution in [0, 0.1) is 45.6 Å². The first kappa shape index (κ1) is 15.3. The first-order valence-corrected chi connectivity index (χ1v) is 6.19. The summed E-state index contributed by atoms with van der Waals surface area (Å²) in [5, 5.41) is 28.5. The second kappa shape index (κ2) is 6.10. The Morgan fingerprint density at radius 1 is 0.864 bits per heavy atom. The Morgan fingerprint density at radius 2 is 1.45 bits per heavy atom. The second-order valence-corrected chi connectivity index (χ2v) is 4.48. The highest BCUT2D eigenvalue weighted by Gasteiger charge is 2.24. The molecule has 0 aliphatic rings. The standard InChI is InChI=1S/C15H5ClF2N4/c16-12-14(18)10(6-20)13(17)11(7-21)15(12)22-9-3-1-8(5-19)2-4-9/h1-4,22H. The van der Waals surface area contributed by atoms with Crippen molar-refractivity contribution in [1.29, 1.82) is 15.8 Å². The SMILES string of the molecule is N#Cc1ccc(Nc2c(Cl)c(F)c(C#N)c(F)c2C#N)cc1. The highest BCUT2D eigenvalue weighted by Crippen LogP contribution is 2.35. The summed E-state index contributed by atoms with van der Waals surface area (Å²) in [6, 6.07) is 10.8. The van der Waals surface area contributed by atoms with Crippen LogP contribution in [0.5, 0.6) is 0 Å². The van der Waals surface area contributed by atoms with Crippen molar-refractivity contribution < 1.29 is 8.78 Å². The molecule has 1 N–H and O–H groups in total. The van der Waals surface area contributed by atoms with Crippen LogP contribution in [0.4, 0.5) is 20.2 Å². The van der Waals surface area contributed by atoms with Crippen LogP contribution < -0.4 is 5.32 Å². The molecule has 2 rings (SSSR count). The predicted molar refractivity (Wildman–Crippen MR) is 75.2 cm³/mol. The van der Waals surface area contributed by atoms with Crippen molar-refractivity contribution in [3.05, 3.63) is 57.6 Å². The van der Waals surface area contributed by atoms with Crippen LogP contribution in [-0.4, -0.2) is 0 Å². The molecular formula is C15H5ClF2N4. The lowest BCUT2D eigenvalue weighted by Crippen LogP contribution is -2.03. The zero-order valence-corrected chi connectivity index (χ0v) is 11.5. The second-order valence-electron chi connectivity index (χ2n) is 4.10. The van der Waals surface area contributed by atoms with Crippen LogP contribution >= 0.6 is 11.6 Å². The van der Waals surface area contributed by atoms with Gasteiger partial charge in [0.1, 0.15) is 28.3 Å². The molecule has 0 unspecified atom stereocenters. The number of halogens is 3. The summed E-state index contributed by atoms with van der Waals surface area (Å²) in [6.07, 6.45) is 0. The third kappa shape index (κ3) is 2.54. The topological polar surface area (TPSA) is 83.4 Å². The molecule has 106 valence electrons. The fourth-order valence-corrected chi connectivity index (χ4v) is 1.99. The lowest BCUT2D eigenvalue weighted by atomic mass is 10.1. The molecule has 0 atom stereocenters. The summed E-state index contributed by atoms with van der Waals surface area (Å²) < 4.78 is 27.8. The number of anilines is 2. The lowest BCUT2D eigenvalue weighted by molar-refractivity contribution is 0.576. The average molecular weight is 315 g/mol. The summed E-state index contributed by atoms with van der Waals surface area (Å²) in [5.74, 6) is -2.51. The predicted octanol–water partition coefficient (Wildman–Crippen LogP) is 3.98. The molecule has 0 aliphatic carbocycles. The summed E-state index contributed by atoms with van der Waals surface area (Å²) in [7, 11) is 0. The van der Waals surface area contributed by atoms with E-state index >= 15 is 0 Å². The van der Waals surface area contributed by atoms with Crippen LogP contribution in [0.15, 0.2) is 24.3 Å². The van der Waals surface area contributed by atoms with E-state index in [1.165, 1.54) is 30.3 Å². The molecule has 7 heteroatoms. The smallest absolute Gasteiger partial charge is 0.164 e. The molecule has 0 amide bonds. The summed E-state index contributed by atoms with van der Waals surface area (Å²) in [4.78, 5) is 0. The number of nitriles is 3. The number of nitrogens with one attached hydrogen (secondary N) is 1. The van der Waals surface area contributed by atoms with Gasteiger partial charge in [-0.15, -0.1) is 0 Å². The number of hydrogen-bond acceptors (Lipinski definition) is 4. The molecule has 0 radical (unpaired) electrons. The molecular weight excluding hydrogens is 310 g/mol. The Hall–Kier alpha value is -3.14. The Kier molecular flexibility index (Phi) is 4.23. The maximum absolute atomic E-state index is 14.0. The quantitative estimate of drug-likeness (QED) is 0.850. The molecule has 0 fully saturated rings. The third-order valence-corrected chi connectivity index (χ3v) is 3.18. The van der Waals surface area contributed by atoms with E-state index in [0.29, 0.717) is 11.3 Å². The summed E-state index contributed by atoms with van der Waals surface area (Å²) in [5.41, 5.74) is -0.975. The third-order valence-electron chi connectivity index (χ3n) is 2.83. The Balaban J connectivity index is 2.58. The minimum Gasteiger partial charge on any atom is -0.353 e. The van der Waals surface area contributed by atoms with Crippen molar-refractivity contribution >= 4 is 23.0 Å². The van der Waals surface area contributed by atoms with E-state index in [4.69, 9.17) is 27.4 Å². The molecule has 2 aromatic rings. The molecule has 0 aliphatic heterocycles. The van der Waals surface area contributed by atoms with Crippen LogP contribution in [0.2, 0.25) is 5.02 Å². The number of nitrogens with zero attached hydrogens (tertiary/aromatic N) is 3. The van der Waals surface area contributed by atoms with Gasteiger partial charge in [-0.25, -0.2) is 8.78 Å². The minimum atomic E-state index is -1.27. The van der Waals surface area contributed by atoms with E-state index in [1.807, 2.05) is 6.07 Å². The summed E-state index contributed by atoms with van der Waals surface area (Å²) in [6.45, 7) is 0. The molecule has 0 heterocycles. The van der Waals surface area contributed by atoms with Gasteiger partial charge in [-0.05, 0) is 24.3 Å². The molecule has 0 spiro atoms. The van der Waals surface area contributed by atoms with Gasteiger partial charge in [0.25, 0.3) is 0 Å². The van der Waals surface area contributed by atoms with Crippen LogP contribution in [0.25, 0.3) is 0 Å². The van der Waals surface area contributed by atoms with Crippen LogP contribution in [-0.2, 0) is 0 Å².